The van der Waals surface area contributed by atoms with Gasteiger partial charge in [0.2, 0.25) is 5.91 Å². The molecule has 0 aliphatic carbocycles. The number of unbranched alkanes of at least 4 members (excludes halogenated alkanes) is 44. The number of carbonyl (C=O) groups is 2. The van der Waals surface area contributed by atoms with E-state index in [1.165, 1.54) is 263 Å². The fraction of sp³-hybridized carbons (Fsp3) is 0.934. The van der Waals surface area contributed by atoms with Gasteiger partial charge in [-0.3, -0.25) is 9.59 Å². The lowest BCUT2D eigenvalue weighted by molar-refractivity contribution is -0.143. The average molecular weight is 947 g/mol. The molecule has 3 N–H and O–H groups in total. The minimum absolute atomic E-state index is 0.00908. The Labute approximate surface area is 419 Å². The van der Waals surface area contributed by atoms with Crippen LogP contribution in [0.1, 0.15) is 341 Å². The third-order valence-corrected chi connectivity index (χ3v) is 14.3. The molecule has 0 radical (unpaired) electrons. The fourth-order valence-corrected chi connectivity index (χ4v) is 9.64. The van der Waals surface area contributed by atoms with Crippen LogP contribution in [-0.4, -0.2) is 47.4 Å². The average Bonchev–Trinajstić information content (AvgIpc) is 3.33. The summed E-state index contributed by atoms with van der Waals surface area (Å²) < 4.78 is 5.48. The molecular weight excluding hydrogens is 827 g/mol. The van der Waals surface area contributed by atoms with E-state index in [-0.39, 0.29) is 18.5 Å². The largest absolute Gasteiger partial charge is 0.466 e. The predicted octanol–water partition coefficient (Wildman–Crippen LogP) is 18.9. The van der Waals surface area contributed by atoms with E-state index in [0.717, 1.165) is 44.9 Å². The first-order valence-corrected chi connectivity index (χ1v) is 30.4. The Morgan fingerprint density at radius 1 is 0.403 bits per heavy atom. The zero-order valence-corrected chi connectivity index (χ0v) is 45.4. The molecule has 0 heterocycles. The highest BCUT2D eigenvalue weighted by atomic mass is 16.5. The molecule has 0 rings (SSSR count). The van der Waals surface area contributed by atoms with Crippen molar-refractivity contribution in [2.45, 2.75) is 353 Å². The van der Waals surface area contributed by atoms with Gasteiger partial charge < -0.3 is 20.3 Å². The maximum Gasteiger partial charge on any atom is 0.305 e. The number of rotatable bonds is 57. The maximum atomic E-state index is 12.4. The molecule has 0 aliphatic heterocycles. The van der Waals surface area contributed by atoms with Crippen molar-refractivity contribution in [3.8, 4) is 0 Å². The number of hydrogen-bond donors (Lipinski definition) is 3. The number of aliphatic hydroxyl groups is 2. The van der Waals surface area contributed by atoms with Crippen LogP contribution in [0.3, 0.4) is 0 Å². The number of hydrogen-bond acceptors (Lipinski definition) is 5. The van der Waals surface area contributed by atoms with Gasteiger partial charge in [0.1, 0.15) is 0 Å². The van der Waals surface area contributed by atoms with Crippen molar-refractivity contribution in [3.05, 3.63) is 12.2 Å². The molecule has 1 amide bonds. The summed E-state index contributed by atoms with van der Waals surface area (Å²) in [5, 5.41) is 23.2. The molecular formula is C61H119NO5. The lowest BCUT2D eigenvalue weighted by Crippen LogP contribution is -2.45. The van der Waals surface area contributed by atoms with E-state index in [1.54, 1.807) is 0 Å². The topological polar surface area (TPSA) is 95.9 Å². The smallest absolute Gasteiger partial charge is 0.305 e. The Morgan fingerprint density at radius 2 is 0.701 bits per heavy atom. The number of amides is 1. The Balaban J connectivity index is 3.32. The van der Waals surface area contributed by atoms with Gasteiger partial charge in [-0.2, -0.15) is 0 Å². The van der Waals surface area contributed by atoms with Gasteiger partial charge in [-0.05, 0) is 51.4 Å². The van der Waals surface area contributed by atoms with Crippen molar-refractivity contribution in [2.75, 3.05) is 13.2 Å². The predicted molar refractivity (Wildman–Crippen MR) is 292 cm³/mol. The van der Waals surface area contributed by atoms with E-state index in [4.69, 9.17) is 4.74 Å². The quantitative estimate of drug-likeness (QED) is 0.0321. The number of esters is 1. The third-order valence-electron chi connectivity index (χ3n) is 14.3. The Hall–Kier alpha value is -1.40. The highest BCUT2D eigenvalue weighted by Gasteiger charge is 2.20. The van der Waals surface area contributed by atoms with E-state index in [2.05, 4.69) is 31.3 Å². The van der Waals surface area contributed by atoms with Crippen LogP contribution in [0.5, 0.6) is 0 Å². The van der Waals surface area contributed by atoms with Crippen LogP contribution in [0, 0.1) is 0 Å². The molecule has 0 saturated carbocycles. The van der Waals surface area contributed by atoms with Crippen molar-refractivity contribution < 1.29 is 24.5 Å². The second-order valence-corrected chi connectivity index (χ2v) is 21.0. The van der Waals surface area contributed by atoms with Crippen molar-refractivity contribution in [3.63, 3.8) is 0 Å². The molecule has 67 heavy (non-hydrogen) atoms. The summed E-state index contributed by atoms with van der Waals surface area (Å²) in [4.78, 5) is 24.5. The van der Waals surface area contributed by atoms with E-state index >= 15 is 0 Å². The fourth-order valence-electron chi connectivity index (χ4n) is 9.64. The number of nitrogens with one attached hydrogen (secondary N) is 1. The van der Waals surface area contributed by atoms with Crippen LogP contribution < -0.4 is 5.32 Å². The summed E-state index contributed by atoms with van der Waals surface area (Å²) in [6, 6.07) is -0.537. The second-order valence-electron chi connectivity index (χ2n) is 21.0. The Bertz CT molecular complexity index is 1000. The number of aliphatic hydroxyl groups excluding tert-OH is 2. The zero-order valence-electron chi connectivity index (χ0n) is 45.4. The van der Waals surface area contributed by atoms with E-state index in [1.807, 2.05) is 0 Å². The molecule has 2 unspecified atom stereocenters. The lowest BCUT2D eigenvalue weighted by Gasteiger charge is -2.22. The van der Waals surface area contributed by atoms with Gasteiger partial charge in [0.05, 0.1) is 25.4 Å². The number of ether oxygens (including phenoxy) is 1. The summed E-state index contributed by atoms with van der Waals surface area (Å²) in [5.74, 6) is -0.0240. The molecule has 6 heteroatoms. The maximum absolute atomic E-state index is 12.4. The molecule has 0 saturated heterocycles. The lowest BCUT2D eigenvalue weighted by atomic mass is 10.0. The summed E-state index contributed by atoms with van der Waals surface area (Å²) in [7, 11) is 0. The third kappa shape index (κ3) is 53.8. The van der Waals surface area contributed by atoms with Crippen LogP contribution in [-0.2, 0) is 14.3 Å². The molecule has 0 aromatic heterocycles. The van der Waals surface area contributed by atoms with Gasteiger partial charge in [0.15, 0.2) is 0 Å². The van der Waals surface area contributed by atoms with Gasteiger partial charge in [0, 0.05) is 12.8 Å². The minimum Gasteiger partial charge on any atom is -0.466 e. The van der Waals surface area contributed by atoms with E-state index < -0.39 is 12.1 Å². The summed E-state index contributed by atoms with van der Waals surface area (Å²) in [5.41, 5.74) is 0. The first-order valence-electron chi connectivity index (χ1n) is 30.4. The number of allylic oxidation sites excluding steroid dienone is 2. The number of carbonyl (C=O) groups excluding carboxylic acids is 2. The Morgan fingerprint density at radius 3 is 1.06 bits per heavy atom. The normalized spacial score (nSPS) is 12.6. The van der Waals surface area contributed by atoms with Crippen LogP contribution in [0.2, 0.25) is 0 Å². The molecule has 6 nitrogen and oxygen atoms in total. The van der Waals surface area contributed by atoms with Crippen molar-refractivity contribution in [1.82, 2.24) is 5.32 Å². The molecule has 398 valence electrons. The van der Waals surface area contributed by atoms with Crippen LogP contribution in [0.25, 0.3) is 0 Å². The van der Waals surface area contributed by atoms with Crippen LogP contribution in [0.4, 0.5) is 0 Å². The van der Waals surface area contributed by atoms with Crippen LogP contribution in [0.15, 0.2) is 12.2 Å². The van der Waals surface area contributed by atoms with Crippen molar-refractivity contribution in [2.24, 2.45) is 0 Å². The molecule has 2 atom stereocenters. The zero-order chi connectivity index (χ0) is 48.6. The summed E-state index contributed by atoms with van der Waals surface area (Å²) in [6.07, 6.45) is 68.0. The van der Waals surface area contributed by atoms with Gasteiger partial charge in [0.25, 0.3) is 0 Å². The summed E-state index contributed by atoms with van der Waals surface area (Å²) in [6.45, 7) is 4.95. The highest BCUT2D eigenvalue weighted by Crippen LogP contribution is 2.18. The standard InChI is InChI=1S/C61H119NO5/c1-3-5-7-9-11-13-15-16-32-35-39-43-47-51-55-61(66)67-56-52-48-44-40-36-33-30-28-26-24-22-20-18-17-19-21-23-25-27-29-31-34-38-42-46-50-54-60(65)62-58(57-63)59(64)53-49-45-41-37-14-12-10-8-6-4-2/h15-16,58-59,63-64H,3-14,17-57H2,1-2H3,(H,62,65)/b16-15-. The summed E-state index contributed by atoms with van der Waals surface area (Å²) >= 11 is 0. The SMILES string of the molecule is CCCCCCC/C=C\CCCCCCCC(=O)OCCCCCCCCCCCCCCCCCCCCCCCCCCCCC(=O)NC(CO)C(O)CCCCCCCCCCCC. The molecule has 0 aliphatic rings. The first kappa shape index (κ1) is 65.6. The van der Waals surface area contributed by atoms with E-state index in [9.17, 15) is 19.8 Å². The molecule has 0 spiro atoms. The molecule has 0 aromatic rings. The van der Waals surface area contributed by atoms with Gasteiger partial charge in [-0.15, -0.1) is 0 Å². The second kappa shape index (κ2) is 57.2. The van der Waals surface area contributed by atoms with Gasteiger partial charge in [-0.25, -0.2) is 0 Å². The van der Waals surface area contributed by atoms with Crippen molar-refractivity contribution >= 4 is 11.9 Å². The van der Waals surface area contributed by atoms with Crippen molar-refractivity contribution in [1.29, 1.82) is 0 Å². The first-order chi connectivity index (χ1) is 33.0. The molecule has 0 bridgehead atoms. The highest BCUT2D eigenvalue weighted by molar-refractivity contribution is 5.76. The Kier molecular flexibility index (Phi) is 56.0. The van der Waals surface area contributed by atoms with Crippen LogP contribution >= 0.6 is 0 Å². The van der Waals surface area contributed by atoms with Gasteiger partial charge in [-0.1, -0.05) is 289 Å². The molecule has 0 aromatic carbocycles. The van der Waals surface area contributed by atoms with E-state index in [0.29, 0.717) is 25.9 Å². The minimum atomic E-state index is -0.660. The van der Waals surface area contributed by atoms with Gasteiger partial charge >= 0.3 is 5.97 Å². The molecule has 0 fully saturated rings. The monoisotopic (exact) mass is 946 g/mol.